The van der Waals surface area contributed by atoms with Gasteiger partial charge in [-0.1, -0.05) is 48.5 Å². The molecule has 0 saturated heterocycles. The van der Waals surface area contributed by atoms with Crippen LogP contribution >= 0.6 is 0 Å². The molecule has 1 aromatic heterocycles. The SMILES string of the molecule is Cc1oc(-c2ccccc2)nc1/C=C/c1ccc(/C=C/C(=O)O)cc1. The lowest BCUT2D eigenvalue weighted by Crippen LogP contribution is -1.85. The number of hydrogen-bond acceptors (Lipinski definition) is 3. The summed E-state index contributed by atoms with van der Waals surface area (Å²) in [5.41, 5.74) is 3.56. The van der Waals surface area contributed by atoms with E-state index in [1.165, 1.54) is 0 Å². The zero-order valence-electron chi connectivity index (χ0n) is 13.7. The molecule has 0 aliphatic heterocycles. The fourth-order valence-electron chi connectivity index (χ4n) is 2.33. The van der Waals surface area contributed by atoms with Crippen LogP contribution in [0.25, 0.3) is 29.7 Å². The Morgan fingerprint density at radius 2 is 1.60 bits per heavy atom. The second kappa shape index (κ2) is 7.45. The molecule has 1 N–H and O–H groups in total. The summed E-state index contributed by atoms with van der Waals surface area (Å²) >= 11 is 0. The number of aromatic nitrogens is 1. The molecule has 1 heterocycles. The molecule has 4 nitrogen and oxygen atoms in total. The van der Waals surface area contributed by atoms with Gasteiger partial charge in [0.15, 0.2) is 0 Å². The van der Waals surface area contributed by atoms with E-state index >= 15 is 0 Å². The Morgan fingerprint density at radius 1 is 0.960 bits per heavy atom. The largest absolute Gasteiger partial charge is 0.478 e. The highest BCUT2D eigenvalue weighted by atomic mass is 16.4. The van der Waals surface area contributed by atoms with Gasteiger partial charge in [-0.3, -0.25) is 0 Å². The Balaban J connectivity index is 1.76. The molecule has 0 saturated carbocycles. The topological polar surface area (TPSA) is 63.3 Å². The summed E-state index contributed by atoms with van der Waals surface area (Å²) in [5.74, 6) is 0.405. The standard InChI is InChI=1S/C21H17NO3/c1-15-19(22-21(25-15)18-5-3-2-4-6-18)13-11-16-7-9-17(10-8-16)12-14-20(23)24/h2-14H,1H3,(H,23,24)/b13-11+,14-12+. The summed E-state index contributed by atoms with van der Waals surface area (Å²) in [5, 5.41) is 8.64. The van der Waals surface area contributed by atoms with E-state index in [-0.39, 0.29) is 0 Å². The van der Waals surface area contributed by atoms with Gasteiger partial charge in [0.25, 0.3) is 0 Å². The quantitative estimate of drug-likeness (QED) is 0.674. The zero-order valence-corrected chi connectivity index (χ0v) is 13.7. The van der Waals surface area contributed by atoms with E-state index in [9.17, 15) is 4.79 Å². The molecule has 25 heavy (non-hydrogen) atoms. The summed E-state index contributed by atoms with van der Waals surface area (Å²) in [6.45, 7) is 1.89. The van der Waals surface area contributed by atoms with E-state index in [1.807, 2.05) is 73.7 Å². The van der Waals surface area contributed by atoms with Crippen LogP contribution in [0.15, 0.2) is 65.1 Å². The number of carboxylic acid groups (broad SMARTS) is 1. The van der Waals surface area contributed by atoms with E-state index < -0.39 is 5.97 Å². The number of carbonyl (C=O) groups is 1. The summed E-state index contributed by atoms with van der Waals surface area (Å²) in [6.07, 6.45) is 6.54. The number of aliphatic carboxylic acids is 1. The monoisotopic (exact) mass is 331 g/mol. The van der Waals surface area contributed by atoms with Crippen LogP contribution in [0.1, 0.15) is 22.6 Å². The normalized spacial score (nSPS) is 11.4. The minimum Gasteiger partial charge on any atom is -0.478 e. The van der Waals surface area contributed by atoms with Gasteiger partial charge < -0.3 is 9.52 Å². The molecule has 2 aromatic carbocycles. The molecule has 0 aliphatic carbocycles. The van der Waals surface area contributed by atoms with Gasteiger partial charge in [0.1, 0.15) is 11.5 Å². The number of rotatable bonds is 5. The van der Waals surface area contributed by atoms with Crippen molar-refractivity contribution in [3.8, 4) is 11.5 Å². The second-order valence-corrected chi connectivity index (χ2v) is 5.50. The zero-order chi connectivity index (χ0) is 17.6. The molecular formula is C21H17NO3. The first-order valence-electron chi connectivity index (χ1n) is 7.84. The van der Waals surface area contributed by atoms with Crippen molar-refractivity contribution in [2.24, 2.45) is 0 Å². The molecule has 0 amide bonds. The third-order valence-electron chi connectivity index (χ3n) is 3.64. The van der Waals surface area contributed by atoms with E-state index in [2.05, 4.69) is 4.98 Å². The van der Waals surface area contributed by atoms with Gasteiger partial charge in [-0.25, -0.2) is 9.78 Å². The molecule has 4 heteroatoms. The number of nitrogens with zero attached hydrogens (tertiary/aromatic N) is 1. The molecule has 3 aromatic rings. The second-order valence-electron chi connectivity index (χ2n) is 5.50. The molecule has 3 rings (SSSR count). The maximum Gasteiger partial charge on any atom is 0.328 e. The van der Waals surface area contributed by atoms with Gasteiger partial charge in [0.05, 0.1) is 0 Å². The lowest BCUT2D eigenvalue weighted by Gasteiger charge is -1.95. The Kier molecular flexibility index (Phi) is 4.90. The van der Waals surface area contributed by atoms with Crippen molar-refractivity contribution in [1.82, 2.24) is 4.98 Å². The molecule has 0 aliphatic rings. The minimum atomic E-state index is -0.959. The van der Waals surface area contributed by atoms with Crippen LogP contribution in [-0.4, -0.2) is 16.1 Å². The van der Waals surface area contributed by atoms with Crippen LogP contribution in [0.5, 0.6) is 0 Å². The fourth-order valence-corrected chi connectivity index (χ4v) is 2.33. The summed E-state index contributed by atoms with van der Waals surface area (Å²) in [7, 11) is 0. The van der Waals surface area contributed by atoms with Crippen LogP contribution in [0.3, 0.4) is 0 Å². The van der Waals surface area contributed by atoms with Crippen LogP contribution in [0.2, 0.25) is 0 Å². The highest BCUT2D eigenvalue weighted by molar-refractivity contribution is 5.85. The average molecular weight is 331 g/mol. The molecule has 0 bridgehead atoms. The van der Waals surface area contributed by atoms with E-state index in [1.54, 1.807) is 6.08 Å². The van der Waals surface area contributed by atoms with Crippen molar-refractivity contribution in [2.75, 3.05) is 0 Å². The predicted octanol–water partition coefficient (Wildman–Crippen LogP) is 4.92. The van der Waals surface area contributed by atoms with Gasteiger partial charge in [-0.15, -0.1) is 0 Å². The lowest BCUT2D eigenvalue weighted by atomic mass is 10.1. The summed E-state index contributed by atoms with van der Waals surface area (Å²) in [6, 6.07) is 17.3. The minimum absolute atomic E-state index is 0.604. The first-order chi connectivity index (χ1) is 12.1. The number of carboxylic acids is 1. The third kappa shape index (κ3) is 4.32. The molecule has 0 spiro atoms. The highest BCUT2D eigenvalue weighted by Gasteiger charge is 2.08. The molecule has 0 unspecified atom stereocenters. The van der Waals surface area contributed by atoms with Crippen LogP contribution in [0.4, 0.5) is 0 Å². The van der Waals surface area contributed by atoms with Crippen molar-refractivity contribution < 1.29 is 14.3 Å². The molecular weight excluding hydrogens is 314 g/mol. The Labute approximate surface area is 145 Å². The molecule has 0 fully saturated rings. The van der Waals surface area contributed by atoms with Gasteiger partial charge in [0.2, 0.25) is 5.89 Å². The lowest BCUT2D eigenvalue weighted by molar-refractivity contribution is -0.131. The van der Waals surface area contributed by atoms with Crippen LogP contribution in [-0.2, 0) is 4.79 Å². The van der Waals surface area contributed by atoms with Crippen LogP contribution in [0, 0.1) is 6.92 Å². The molecule has 0 atom stereocenters. The maximum absolute atomic E-state index is 10.5. The predicted molar refractivity (Wildman–Crippen MR) is 98.7 cm³/mol. The van der Waals surface area contributed by atoms with E-state index in [4.69, 9.17) is 9.52 Å². The maximum atomic E-state index is 10.5. The fraction of sp³-hybridized carbons (Fsp3) is 0.0476. The van der Waals surface area contributed by atoms with Crippen molar-refractivity contribution in [1.29, 1.82) is 0 Å². The Bertz CT molecular complexity index is 920. The van der Waals surface area contributed by atoms with Crippen molar-refractivity contribution >= 4 is 24.2 Å². The third-order valence-corrected chi connectivity index (χ3v) is 3.64. The van der Waals surface area contributed by atoms with E-state index in [0.29, 0.717) is 5.89 Å². The van der Waals surface area contributed by atoms with Gasteiger partial charge in [-0.05, 0) is 42.3 Å². The van der Waals surface area contributed by atoms with Crippen molar-refractivity contribution in [3.05, 3.63) is 83.3 Å². The smallest absolute Gasteiger partial charge is 0.328 e. The van der Waals surface area contributed by atoms with Gasteiger partial charge >= 0.3 is 5.97 Å². The van der Waals surface area contributed by atoms with Crippen LogP contribution < -0.4 is 0 Å². The van der Waals surface area contributed by atoms with Gasteiger partial charge in [0, 0.05) is 11.6 Å². The van der Waals surface area contributed by atoms with E-state index in [0.717, 1.165) is 34.2 Å². The molecule has 124 valence electrons. The van der Waals surface area contributed by atoms with Crippen molar-refractivity contribution in [2.45, 2.75) is 6.92 Å². The Morgan fingerprint density at radius 3 is 2.24 bits per heavy atom. The first-order valence-corrected chi connectivity index (χ1v) is 7.84. The Hall–Kier alpha value is -3.40. The van der Waals surface area contributed by atoms with Crippen molar-refractivity contribution in [3.63, 3.8) is 0 Å². The molecule has 0 radical (unpaired) electrons. The number of benzene rings is 2. The highest BCUT2D eigenvalue weighted by Crippen LogP contribution is 2.22. The summed E-state index contributed by atoms with van der Waals surface area (Å²) in [4.78, 5) is 15.1. The number of aryl methyl sites for hydroxylation is 1. The summed E-state index contributed by atoms with van der Waals surface area (Å²) < 4.78 is 5.74. The number of oxazole rings is 1. The average Bonchev–Trinajstić information content (AvgIpc) is 3.00. The first kappa shape index (κ1) is 16.5. The number of hydrogen-bond donors (Lipinski definition) is 1. The van der Waals surface area contributed by atoms with Gasteiger partial charge in [-0.2, -0.15) is 0 Å².